The Kier molecular flexibility index (Phi) is 4.11. The van der Waals surface area contributed by atoms with E-state index >= 15 is 0 Å². The molecular weight excluding hydrogens is 172 g/mol. The average Bonchev–Trinajstić information content (AvgIpc) is 2.26. The first-order valence-electron chi connectivity index (χ1n) is 5.07. The monoisotopic (exact) mass is 188 g/mol. The number of ketones is 1. The van der Waals surface area contributed by atoms with E-state index in [9.17, 15) is 4.79 Å². The Morgan fingerprint density at radius 3 is 2.36 bits per heavy atom. The summed E-state index contributed by atoms with van der Waals surface area (Å²) < 4.78 is 0. The van der Waals surface area contributed by atoms with Crippen LogP contribution in [0.25, 0.3) is 0 Å². The van der Waals surface area contributed by atoms with Gasteiger partial charge in [-0.05, 0) is 24.5 Å². The van der Waals surface area contributed by atoms with Crippen molar-refractivity contribution < 1.29 is 4.79 Å². The fourth-order valence-corrected chi connectivity index (χ4v) is 1.23. The summed E-state index contributed by atoms with van der Waals surface area (Å²) in [6.45, 7) is 4.12. The number of hydrogen-bond acceptors (Lipinski definition) is 1. The summed E-state index contributed by atoms with van der Waals surface area (Å²) in [5, 5.41) is 0. The van der Waals surface area contributed by atoms with Crippen molar-refractivity contribution in [2.24, 2.45) is 0 Å². The van der Waals surface area contributed by atoms with E-state index in [1.54, 1.807) is 6.08 Å². The smallest absolute Gasteiger partial charge is 0.185 e. The zero-order chi connectivity index (χ0) is 10.4. The van der Waals surface area contributed by atoms with E-state index < -0.39 is 0 Å². The highest BCUT2D eigenvalue weighted by Gasteiger charge is 1.99. The molecule has 0 fully saturated rings. The molecule has 0 aliphatic rings. The summed E-state index contributed by atoms with van der Waals surface area (Å²) in [6.07, 6.45) is 5.44. The van der Waals surface area contributed by atoms with Crippen LogP contribution < -0.4 is 0 Å². The number of carbonyl (C=O) groups is 1. The van der Waals surface area contributed by atoms with Crippen LogP contribution in [0, 0.1) is 0 Å². The molecule has 0 unspecified atom stereocenters. The van der Waals surface area contributed by atoms with Crippen LogP contribution >= 0.6 is 0 Å². The molecule has 0 aromatic heterocycles. The van der Waals surface area contributed by atoms with E-state index in [1.165, 1.54) is 5.56 Å². The van der Waals surface area contributed by atoms with Crippen molar-refractivity contribution in [1.82, 2.24) is 0 Å². The minimum atomic E-state index is 0.0921. The summed E-state index contributed by atoms with van der Waals surface area (Å²) in [6, 6.07) is 7.79. The molecule has 1 heteroatoms. The van der Waals surface area contributed by atoms with E-state index in [1.807, 2.05) is 37.3 Å². The van der Waals surface area contributed by atoms with E-state index in [0.717, 1.165) is 18.4 Å². The van der Waals surface area contributed by atoms with Gasteiger partial charge in [-0.3, -0.25) is 4.79 Å². The number of rotatable bonds is 4. The van der Waals surface area contributed by atoms with Gasteiger partial charge in [0.05, 0.1) is 0 Å². The van der Waals surface area contributed by atoms with Crippen molar-refractivity contribution >= 4 is 5.78 Å². The Morgan fingerprint density at radius 2 is 1.86 bits per heavy atom. The van der Waals surface area contributed by atoms with Crippen LogP contribution in [-0.2, 0) is 6.42 Å². The zero-order valence-electron chi connectivity index (χ0n) is 8.79. The lowest BCUT2D eigenvalue weighted by atomic mass is 10.1. The minimum Gasteiger partial charge on any atom is -0.289 e. The molecule has 74 valence electrons. The second-order valence-corrected chi connectivity index (χ2v) is 3.23. The average molecular weight is 188 g/mol. The van der Waals surface area contributed by atoms with Gasteiger partial charge in [0.1, 0.15) is 0 Å². The Balaban J connectivity index is 2.76. The van der Waals surface area contributed by atoms with E-state index in [4.69, 9.17) is 0 Å². The van der Waals surface area contributed by atoms with Crippen LogP contribution in [0.1, 0.15) is 36.2 Å². The Bertz CT molecular complexity index is 320. The molecule has 0 radical (unpaired) electrons. The van der Waals surface area contributed by atoms with E-state index in [0.29, 0.717) is 0 Å². The minimum absolute atomic E-state index is 0.0921. The van der Waals surface area contributed by atoms with Crippen molar-refractivity contribution in [3.63, 3.8) is 0 Å². The zero-order valence-corrected chi connectivity index (χ0v) is 8.79. The third kappa shape index (κ3) is 2.84. The first-order valence-corrected chi connectivity index (χ1v) is 5.07. The van der Waals surface area contributed by atoms with Crippen LogP contribution in [0.5, 0.6) is 0 Å². The van der Waals surface area contributed by atoms with Crippen LogP contribution in [-0.4, -0.2) is 5.78 Å². The highest BCUT2D eigenvalue weighted by molar-refractivity contribution is 6.04. The number of allylic oxidation sites excluding steroid dienone is 2. The number of hydrogen-bond donors (Lipinski definition) is 0. The van der Waals surface area contributed by atoms with Gasteiger partial charge in [0.15, 0.2) is 5.78 Å². The predicted molar refractivity (Wildman–Crippen MR) is 59.6 cm³/mol. The van der Waals surface area contributed by atoms with E-state index in [2.05, 4.69) is 6.92 Å². The standard InChI is InChI=1S/C13H16O/c1-3-5-6-13(14)12-9-7-11(4-2)8-10-12/h5-10H,3-4H2,1-2H3/b6-5+. The summed E-state index contributed by atoms with van der Waals surface area (Å²) in [5.41, 5.74) is 2.04. The molecule has 0 saturated heterocycles. The van der Waals surface area contributed by atoms with E-state index in [-0.39, 0.29) is 5.78 Å². The third-order valence-electron chi connectivity index (χ3n) is 2.15. The summed E-state index contributed by atoms with van der Waals surface area (Å²) in [7, 11) is 0. The predicted octanol–water partition coefficient (Wildman–Crippen LogP) is 3.40. The quantitative estimate of drug-likeness (QED) is 0.523. The summed E-state index contributed by atoms with van der Waals surface area (Å²) in [5.74, 6) is 0.0921. The van der Waals surface area contributed by atoms with Crippen LogP contribution in [0.2, 0.25) is 0 Å². The highest BCUT2D eigenvalue weighted by atomic mass is 16.1. The SMILES string of the molecule is CC/C=C/C(=O)c1ccc(CC)cc1. The lowest BCUT2D eigenvalue weighted by molar-refractivity contribution is 0.104. The molecule has 0 aliphatic carbocycles. The Morgan fingerprint density at radius 1 is 1.21 bits per heavy atom. The molecule has 0 bridgehead atoms. The molecule has 0 aliphatic heterocycles. The van der Waals surface area contributed by atoms with Gasteiger partial charge in [0.25, 0.3) is 0 Å². The van der Waals surface area contributed by atoms with Gasteiger partial charge in [-0.1, -0.05) is 44.2 Å². The largest absolute Gasteiger partial charge is 0.289 e. The number of aryl methyl sites for hydroxylation is 1. The molecule has 0 amide bonds. The highest BCUT2D eigenvalue weighted by Crippen LogP contribution is 2.06. The number of benzene rings is 1. The lowest BCUT2D eigenvalue weighted by Gasteiger charge is -1.98. The fourth-order valence-electron chi connectivity index (χ4n) is 1.23. The molecule has 1 aromatic rings. The molecule has 1 rings (SSSR count). The molecular formula is C13H16O. The second kappa shape index (κ2) is 5.38. The second-order valence-electron chi connectivity index (χ2n) is 3.23. The van der Waals surface area contributed by atoms with Crippen molar-refractivity contribution in [2.45, 2.75) is 26.7 Å². The van der Waals surface area contributed by atoms with Gasteiger partial charge in [-0.15, -0.1) is 0 Å². The van der Waals surface area contributed by atoms with Gasteiger partial charge in [-0.2, -0.15) is 0 Å². The van der Waals surface area contributed by atoms with Crippen molar-refractivity contribution in [3.05, 3.63) is 47.5 Å². The normalized spacial score (nSPS) is 10.7. The molecule has 1 aromatic carbocycles. The summed E-state index contributed by atoms with van der Waals surface area (Å²) >= 11 is 0. The molecule has 0 saturated carbocycles. The van der Waals surface area contributed by atoms with Gasteiger partial charge < -0.3 is 0 Å². The Labute approximate surface area is 85.5 Å². The fraction of sp³-hybridized carbons (Fsp3) is 0.308. The maximum atomic E-state index is 11.5. The van der Waals surface area contributed by atoms with Gasteiger partial charge in [0, 0.05) is 5.56 Å². The Hall–Kier alpha value is -1.37. The van der Waals surface area contributed by atoms with Gasteiger partial charge in [0.2, 0.25) is 0 Å². The lowest BCUT2D eigenvalue weighted by Crippen LogP contribution is -1.94. The van der Waals surface area contributed by atoms with Crippen molar-refractivity contribution in [2.75, 3.05) is 0 Å². The topological polar surface area (TPSA) is 17.1 Å². The van der Waals surface area contributed by atoms with Gasteiger partial charge in [-0.25, -0.2) is 0 Å². The molecule has 0 atom stereocenters. The first kappa shape index (κ1) is 10.7. The van der Waals surface area contributed by atoms with Crippen LogP contribution in [0.3, 0.4) is 0 Å². The van der Waals surface area contributed by atoms with Crippen molar-refractivity contribution in [1.29, 1.82) is 0 Å². The maximum Gasteiger partial charge on any atom is 0.185 e. The summed E-state index contributed by atoms with van der Waals surface area (Å²) in [4.78, 5) is 11.5. The third-order valence-corrected chi connectivity index (χ3v) is 2.15. The van der Waals surface area contributed by atoms with Crippen LogP contribution in [0.4, 0.5) is 0 Å². The van der Waals surface area contributed by atoms with Crippen LogP contribution in [0.15, 0.2) is 36.4 Å². The first-order chi connectivity index (χ1) is 6.77. The number of carbonyl (C=O) groups excluding carboxylic acids is 1. The molecule has 0 spiro atoms. The van der Waals surface area contributed by atoms with Crippen molar-refractivity contribution in [3.8, 4) is 0 Å². The molecule has 0 heterocycles. The van der Waals surface area contributed by atoms with Gasteiger partial charge >= 0.3 is 0 Å². The maximum absolute atomic E-state index is 11.5. The molecule has 1 nitrogen and oxygen atoms in total. The molecule has 14 heavy (non-hydrogen) atoms. The molecule has 0 N–H and O–H groups in total.